The van der Waals surface area contributed by atoms with E-state index < -0.39 is 8.07 Å². The van der Waals surface area contributed by atoms with Crippen LogP contribution >= 0.6 is 15.9 Å². The highest BCUT2D eigenvalue weighted by Gasteiger charge is 2.35. The van der Waals surface area contributed by atoms with Gasteiger partial charge in [0.25, 0.3) is 0 Å². The van der Waals surface area contributed by atoms with Crippen LogP contribution < -0.4 is 5.19 Å². The lowest BCUT2D eigenvalue weighted by Crippen LogP contribution is -2.44. The maximum absolute atomic E-state index is 13.2. The fourth-order valence-electron chi connectivity index (χ4n) is 3.73. The van der Waals surface area contributed by atoms with Gasteiger partial charge in [-0.1, -0.05) is 59.8 Å². The molecule has 2 aromatic rings. The van der Waals surface area contributed by atoms with Crippen LogP contribution in [0.1, 0.15) is 34.8 Å². The number of ether oxygens (including phenoxy) is 1. The van der Waals surface area contributed by atoms with E-state index in [1.54, 1.807) is 0 Å². The van der Waals surface area contributed by atoms with Crippen LogP contribution in [0.5, 0.6) is 0 Å². The van der Waals surface area contributed by atoms with Gasteiger partial charge in [-0.2, -0.15) is 0 Å². The summed E-state index contributed by atoms with van der Waals surface area (Å²) in [7, 11) is -1.79. The van der Waals surface area contributed by atoms with Crippen molar-refractivity contribution in [2.24, 2.45) is 0 Å². The molecule has 0 spiro atoms. The third-order valence-corrected chi connectivity index (χ3v) is 7.46. The van der Waals surface area contributed by atoms with Crippen molar-refractivity contribution in [1.82, 2.24) is 0 Å². The molecule has 26 heavy (non-hydrogen) atoms. The van der Waals surface area contributed by atoms with Crippen LogP contribution in [0, 0.1) is 0 Å². The summed E-state index contributed by atoms with van der Waals surface area (Å²) in [5.74, 6) is -0.115. The zero-order valence-electron chi connectivity index (χ0n) is 15.6. The average Bonchev–Trinajstić information content (AvgIpc) is 2.83. The maximum Gasteiger partial charge on any atom is 0.302 e. The predicted molar refractivity (Wildman–Crippen MR) is 111 cm³/mol. The van der Waals surface area contributed by atoms with Gasteiger partial charge in [-0.3, -0.25) is 9.59 Å². The molecule has 0 atom stereocenters. The highest BCUT2D eigenvalue weighted by Crippen LogP contribution is 2.39. The summed E-state index contributed by atoms with van der Waals surface area (Å²) in [6.45, 7) is 8.66. The molecule has 0 radical (unpaired) electrons. The Kier molecular flexibility index (Phi) is 5.22. The first-order valence-corrected chi connectivity index (χ1v) is 13.1. The zero-order chi connectivity index (χ0) is 19.1. The molecule has 3 rings (SSSR count). The maximum atomic E-state index is 13.2. The van der Waals surface area contributed by atoms with Crippen molar-refractivity contribution < 1.29 is 14.3 Å². The fourth-order valence-corrected chi connectivity index (χ4v) is 6.70. The second-order valence-corrected chi connectivity index (χ2v) is 13.6. The lowest BCUT2D eigenvalue weighted by atomic mass is 10.0. The van der Waals surface area contributed by atoms with Gasteiger partial charge in [0, 0.05) is 22.5 Å². The highest BCUT2D eigenvalue weighted by molar-refractivity contribution is 9.10. The third kappa shape index (κ3) is 3.42. The van der Waals surface area contributed by atoms with E-state index in [9.17, 15) is 9.59 Å². The molecule has 0 fully saturated rings. The Morgan fingerprint density at radius 3 is 2.38 bits per heavy atom. The van der Waals surface area contributed by atoms with Gasteiger partial charge in [-0.25, -0.2) is 0 Å². The minimum Gasteiger partial charge on any atom is -0.466 e. The van der Waals surface area contributed by atoms with Gasteiger partial charge in [0.15, 0.2) is 5.78 Å². The molecule has 5 heteroatoms. The van der Waals surface area contributed by atoms with Crippen LogP contribution in [-0.4, -0.2) is 26.4 Å². The molecule has 0 saturated carbocycles. The van der Waals surface area contributed by atoms with E-state index in [0.29, 0.717) is 6.61 Å². The van der Waals surface area contributed by atoms with E-state index >= 15 is 0 Å². The molecule has 0 heterocycles. The SMILES string of the molecule is CC(=O)OCCCc1c(Br)cc2c(c1[Si](C)(C)C)C(=O)c1ccccc1-2. The molecule has 3 nitrogen and oxygen atoms in total. The first kappa shape index (κ1) is 19.0. The molecule has 0 amide bonds. The summed E-state index contributed by atoms with van der Waals surface area (Å²) in [5.41, 5.74) is 4.94. The Morgan fingerprint density at radius 1 is 1.12 bits per heavy atom. The van der Waals surface area contributed by atoms with E-state index in [-0.39, 0.29) is 11.8 Å². The second kappa shape index (κ2) is 7.12. The lowest BCUT2D eigenvalue weighted by molar-refractivity contribution is -0.141. The summed E-state index contributed by atoms with van der Waals surface area (Å²) in [6.07, 6.45) is 1.53. The first-order valence-electron chi connectivity index (χ1n) is 8.85. The summed E-state index contributed by atoms with van der Waals surface area (Å²) in [6, 6.07) is 9.94. The summed E-state index contributed by atoms with van der Waals surface area (Å²) in [4.78, 5) is 24.2. The standard InChI is InChI=1S/C21H23BrO3Si/c1-13(23)25-11-7-10-16-18(22)12-17-14-8-5-6-9-15(14)20(24)19(17)21(16)26(2,3)4/h5-6,8-9,12H,7,10-11H2,1-4H3. The van der Waals surface area contributed by atoms with Crippen LogP contribution in [0.25, 0.3) is 11.1 Å². The number of hydrogen-bond acceptors (Lipinski definition) is 3. The lowest BCUT2D eigenvalue weighted by Gasteiger charge is -2.26. The highest BCUT2D eigenvalue weighted by atomic mass is 79.9. The topological polar surface area (TPSA) is 43.4 Å². The van der Waals surface area contributed by atoms with Crippen molar-refractivity contribution in [3.63, 3.8) is 0 Å². The molecule has 2 aromatic carbocycles. The third-order valence-electron chi connectivity index (χ3n) is 4.70. The monoisotopic (exact) mass is 430 g/mol. The zero-order valence-corrected chi connectivity index (χ0v) is 18.2. The van der Waals surface area contributed by atoms with Gasteiger partial charge < -0.3 is 4.74 Å². The van der Waals surface area contributed by atoms with Gasteiger partial charge in [-0.15, -0.1) is 0 Å². The minimum atomic E-state index is -1.79. The number of ketones is 1. The van der Waals surface area contributed by atoms with E-state index in [0.717, 1.165) is 39.6 Å². The van der Waals surface area contributed by atoms with Crippen LogP contribution in [-0.2, 0) is 16.0 Å². The number of fused-ring (bicyclic) bond motifs is 3. The van der Waals surface area contributed by atoms with E-state index in [1.807, 2.05) is 24.3 Å². The van der Waals surface area contributed by atoms with Gasteiger partial charge in [0.05, 0.1) is 14.7 Å². The van der Waals surface area contributed by atoms with Gasteiger partial charge in [-0.05, 0) is 40.8 Å². The molecule has 1 aliphatic rings. The quantitative estimate of drug-likeness (QED) is 0.334. The largest absolute Gasteiger partial charge is 0.466 e. The minimum absolute atomic E-state index is 0.141. The molecule has 1 aliphatic carbocycles. The molecular weight excluding hydrogens is 408 g/mol. The smallest absolute Gasteiger partial charge is 0.302 e. The van der Waals surface area contributed by atoms with Gasteiger partial charge in [0.2, 0.25) is 0 Å². The molecular formula is C21H23BrO3Si. The Labute approximate surface area is 163 Å². The van der Waals surface area contributed by atoms with Gasteiger partial charge >= 0.3 is 5.97 Å². The first-order chi connectivity index (χ1) is 12.2. The van der Waals surface area contributed by atoms with Gasteiger partial charge in [0.1, 0.15) is 0 Å². The van der Waals surface area contributed by atoms with E-state index in [4.69, 9.17) is 4.74 Å². The van der Waals surface area contributed by atoms with E-state index in [2.05, 4.69) is 41.6 Å². The number of halogens is 1. The average molecular weight is 431 g/mol. The van der Waals surface area contributed by atoms with Crippen LogP contribution in [0.15, 0.2) is 34.8 Å². The number of carbonyl (C=O) groups is 2. The van der Waals surface area contributed by atoms with Crippen LogP contribution in [0.2, 0.25) is 19.6 Å². The molecule has 0 N–H and O–H groups in total. The molecule has 0 bridgehead atoms. The molecule has 0 saturated heterocycles. The van der Waals surface area contributed by atoms with Crippen molar-refractivity contribution in [3.05, 3.63) is 51.5 Å². The normalized spacial score (nSPS) is 12.7. The van der Waals surface area contributed by atoms with Crippen molar-refractivity contribution in [2.75, 3.05) is 6.61 Å². The Balaban J connectivity index is 2.11. The summed E-state index contributed by atoms with van der Waals surface area (Å²) in [5, 5.41) is 1.23. The number of benzene rings is 2. The van der Waals surface area contributed by atoms with Crippen LogP contribution in [0.4, 0.5) is 0 Å². The Bertz CT molecular complexity index is 897. The fraction of sp³-hybridized carbons (Fsp3) is 0.333. The number of hydrogen-bond donors (Lipinski definition) is 0. The second-order valence-electron chi connectivity index (χ2n) is 7.70. The number of rotatable bonds is 5. The Morgan fingerprint density at radius 2 is 1.77 bits per heavy atom. The van der Waals surface area contributed by atoms with Crippen molar-refractivity contribution in [2.45, 2.75) is 39.4 Å². The molecule has 0 aliphatic heterocycles. The predicted octanol–water partition coefficient (Wildman–Crippen LogP) is 4.70. The summed E-state index contributed by atoms with van der Waals surface area (Å²) < 4.78 is 6.13. The molecule has 136 valence electrons. The van der Waals surface area contributed by atoms with Crippen molar-refractivity contribution >= 4 is 40.9 Å². The van der Waals surface area contributed by atoms with Crippen molar-refractivity contribution in [1.29, 1.82) is 0 Å². The summed E-state index contributed by atoms with van der Waals surface area (Å²) >= 11 is 3.75. The van der Waals surface area contributed by atoms with Crippen molar-refractivity contribution in [3.8, 4) is 11.1 Å². The molecule has 0 unspecified atom stereocenters. The number of carbonyl (C=O) groups excluding carboxylic acids is 2. The van der Waals surface area contributed by atoms with E-state index in [1.165, 1.54) is 17.7 Å². The number of esters is 1. The Hall–Kier alpha value is -1.72. The van der Waals surface area contributed by atoms with Crippen LogP contribution in [0.3, 0.4) is 0 Å². The molecule has 0 aromatic heterocycles.